The van der Waals surface area contributed by atoms with Crippen LogP contribution in [0.25, 0.3) is 0 Å². The molecule has 1 aliphatic heterocycles. The second-order valence-electron chi connectivity index (χ2n) is 8.05. The van der Waals surface area contributed by atoms with Gasteiger partial charge in [-0.25, -0.2) is 4.79 Å². The highest BCUT2D eigenvalue weighted by Crippen LogP contribution is 2.41. The molecule has 0 aliphatic carbocycles. The summed E-state index contributed by atoms with van der Waals surface area (Å²) in [6.07, 6.45) is 3.79. The minimum absolute atomic E-state index is 0.0698. The van der Waals surface area contributed by atoms with Crippen molar-refractivity contribution in [3.63, 3.8) is 0 Å². The van der Waals surface area contributed by atoms with Crippen LogP contribution in [0.5, 0.6) is 17.2 Å². The summed E-state index contributed by atoms with van der Waals surface area (Å²) in [6, 6.07) is 10.9. The minimum atomic E-state index is -0.777. The van der Waals surface area contributed by atoms with Crippen molar-refractivity contribution in [1.29, 1.82) is 0 Å². The van der Waals surface area contributed by atoms with Crippen molar-refractivity contribution in [1.82, 2.24) is 9.55 Å². The Morgan fingerprint density at radius 3 is 2.57 bits per heavy atom. The molecule has 3 aromatic rings. The first kappa shape index (κ1) is 23.9. The topological polar surface area (TPSA) is 115 Å². The normalized spacial score (nSPS) is 14.7. The summed E-state index contributed by atoms with van der Waals surface area (Å²) >= 11 is 0. The van der Waals surface area contributed by atoms with E-state index in [4.69, 9.17) is 24.7 Å². The predicted octanol–water partition coefficient (Wildman–Crippen LogP) is 2.68. The Bertz CT molecular complexity index is 1350. The first-order chi connectivity index (χ1) is 16.9. The van der Waals surface area contributed by atoms with Gasteiger partial charge in [-0.2, -0.15) is 0 Å². The molecule has 0 saturated heterocycles. The molecule has 0 fully saturated rings. The molecular weight excluding hydrogens is 450 g/mol. The number of ether oxygens (including phenoxy) is 4. The summed E-state index contributed by atoms with van der Waals surface area (Å²) in [7, 11) is 4.42. The second-order valence-corrected chi connectivity index (χ2v) is 8.05. The van der Waals surface area contributed by atoms with Crippen LogP contribution in [0.2, 0.25) is 0 Å². The maximum absolute atomic E-state index is 13.8. The van der Waals surface area contributed by atoms with Crippen molar-refractivity contribution in [2.45, 2.75) is 25.8 Å². The van der Waals surface area contributed by atoms with Crippen molar-refractivity contribution >= 4 is 5.97 Å². The fraction of sp³-hybridized carbons (Fsp3) is 0.269. The van der Waals surface area contributed by atoms with Crippen LogP contribution in [-0.2, 0) is 22.5 Å². The van der Waals surface area contributed by atoms with E-state index in [2.05, 4.69) is 4.98 Å². The summed E-state index contributed by atoms with van der Waals surface area (Å²) in [5, 5.41) is 0. The summed E-state index contributed by atoms with van der Waals surface area (Å²) in [6.45, 7) is 2.23. The zero-order chi connectivity index (χ0) is 25.1. The molecule has 0 saturated carbocycles. The zero-order valence-corrected chi connectivity index (χ0v) is 20.0. The Morgan fingerprint density at radius 1 is 1.14 bits per heavy atom. The number of aromatic nitrogens is 2. The number of nitrogens with two attached hydrogens (primary N) is 1. The average molecular weight is 478 g/mol. The van der Waals surface area contributed by atoms with E-state index in [-0.39, 0.29) is 17.0 Å². The number of carbonyl (C=O) groups excluding carboxylic acids is 1. The van der Waals surface area contributed by atoms with Gasteiger partial charge in [0.15, 0.2) is 11.5 Å². The number of esters is 1. The standard InChI is InChI=1S/C26H27N3O6/c1-15-12-20-22(21(17-6-5-10-28-14-17)23(24(27)35-20)26(31)34-4)25(30)29(15)11-9-16-7-8-18(32-2)19(13-16)33-3/h5-8,10,12-14,21H,9,11,27H2,1-4H3/t21-/m1/s1. The van der Waals surface area contributed by atoms with E-state index in [0.29, 0.717) is 47.0 Å². The first-order valence-electron chi connectivity index (χ1n) is 11.0. The molecular formula is C26H27N3O6. The van der Waals surface area contributed by atoms with Crippen molar-refractivity contribution < 1.29 is 23.7 Å². The molecule has 9 heteroatoms. The quantitative estimate of drug-likeness (QED) is 0.517. The molecule has 2 N–H and O–H groups in total. The first-order valence-corrected chi connectivity index (χ1v) is 11.0. The molecule has 0 unspecified atom stereocenters. The molecule has 1 aromatic carbocycles. The van der Waals surface area contributed by atoms with Crippen LogP contribution in [0, 0.1) is 6.92 Å². The summed E-state index contributed by atoms with van der Waals surface area (Å²) in [5.41, 5.74) is 8.55. The van der Waals surface area contributed by atoms with Gasteiger partial charge < -0.3 is 29.2 Å². The highest BCUT2D eigenvalue weighted by molar-refractivity contribution is 5.92. The van der Waals surface area contributed by atoms with Crippen molar-refractivity contribution in [3.05, 3.63) is 93.0 Å². The number of fused-ring (bicyclic) bond motifs is 1. The predicted molar refractivity (Wildman–Crippen MR) is 129 cm³/mol. The molecule has 3 heterocycles. The summed E-state index contributed by atoms with van der Waals surface area (Å²) in [4.78, 5) is 30.7. The van der Waals surface area contributed by atoms with Gasteiger partial charge in [-0.3, -0.25) is 9.78 Å². The molecule has 1 aliphatic rings. The largest absolute Gasteiger partial charge is 0.493 e. The fourth-order valence-corrected chi connectivity index (χ4v) is 4.33. The van der Waals surface area contributed by atoms with Gasteiger partial charge in [-0.05, 0) is 42.7 Å². The number of hydrogen-bond donors (Lipinski definition) is 1. The third-order valence-corrected chi connectivity index (χ3v) is 6.06. The van der Waals surface area contributed by atoms with Gasteiger partial charge >= 0.3 is 5.97 Å². The smallest absolute Gasteiger partial charge is 0.340 e. The molecule has 0 radical (unpaired) electrons. The molecule has 2 aromatic heterocycles. The van der Waals surface area contributed by atoms with E-state index in [9.17, 15) is 9.59 Å². The minimum Gasteiger partial charge on any atom is -0.493 e. The van der Waals surface area contributed by atoms with Crippen LogP contribution < -0.4 is 25.5 Å². The van der Waals surface area contributed by atoms with E-state index in [1.807, 2.05) is 25.1 Å². The van der Waals surface area contributed by atoms with Crippen LogP contribution >= 0.6 is 0 Å². The number of aryl methyl sites for hydroxylation is 2. The third-order valence-electron chi connectivity index (χ3n) is 6.06. The lowest BCUT2D eigenvalue weighted by Crippen LogP contribution is -2.35. The van der Waals surface area contributed by atoms with Gasteiger partial charge in [0, 0.05) is 30.7 Å². The number of pyridine rings is 2. The number of methoxy groups -OCH3 is 3. The molecule has 35 heavy (non-hydrogen) atoms. The zero-order valence-electron chi connectivity index (χ0n) is 20.0. The Balaban J connectivity index is 1.78. The van der Waals surface area contributed by atoms with Gasteiger partial charge in [-0.1, -0.05) is 12.1 Å². The molecule has 1 atom stereocenters. The Kier molecular flexibility index (Phi) is 6.77. The van der Waals surface area contributed by atoms with E-state index in [1.54, 1.807) is 49.4 Å². The van der Waals surface area contributed by atoms with Crippen LogP contribution in [0.1, 0.15) is 28.3 Å². The molecule has 0 spiro atoms. The third kappa shape index (κ3) is 4.44. The van der Waals surface area contributed by atoms with Gasteiger partial charge in [0.1, 0.15) is 11.3 Å². The van der Waals surface area contributed by atoms with E-state index in [0.717, 1.165) is 5.56 Å². The van der Waals surface area contributed by atoms with Gasteiger partial charge in [0.2, 0.25) is 5.88 Å². The van der Waals surface area contributed by atoms with Crippen LogP contribution in [-0.4, -0.2) is 36.8 Å². The average Bonchev–Trinajstić information content (AvgIpc) is 2.87. The van der Waals surface area contributed by atoms with Gasteiger partial charge in [-0.15, -0.1) is 0 Å². The fourth-order valence-electron chi connectivity index (χ4n) is 4.33. The Hall–Kier alpha value is -4.27. The highest BCUT2D eigenvalue weighted by Gasteiger charge is 2.38. The molecule has 4 rings (SSSR count). The maximum Gasteiger partial charge on any atom is 0.340 e. The van der Waals surface area contributed by atoms with Crippen LogP contribution in [0.15, 0.2) is 65.0 Å². The van der Waals surface area contributed by atoms with Crippen molar-refractivity contribution in [2.75, 3.05) is 21.3 Å². The summed E-state index contributed by atoms with van der Waals surface area (Å²) in [5.74, 6) is 0.0237. The molecule has 0 bridgehead atoms. The van der Waals surface area contributed by atoms with Crippen LogP contribution in [0.4, 0.5) is 0 Å². The second kappa shape index (κ2) is 9.92. The number of hydrogen-bond acceptors (Lipinski definition) is 8. The van der Waals surface area contributed by atoms with E-state index in [1.165, 1.54) is 7.11 Å². The maximum atomic E-state index is 13.8. The Morgan fingerprint density at radius 2 is 1.91 bits per heavy atom. The van der Waals surface area contributed by atoms with Crippen LogP contribution in [0.3, 0.4) is 0 Å². The lowest BCUT2D eigenvalue weighted by atomic mass is 9.84. The number of carbonyl (C=O) groups is 1. The monoisotopic (exact) mass is 477 g/mol. The molecule has 0 amide bonds. The number of nitrogens with zero attached hydrogens (tertiary/aromatic N) is 2. The van der Waals surface area contributed by atoms with Gasteiger partial charge in [0.05, 0.1) is 32.8 Å². The van der Waals surface area contributed by atoms with Gasteiger partial charge in [0.25, 0.3) is 5.56 Å². The molecule has 182 valence electrons. The highest BCUT2D eigenvalue weighted by atomic mass is 16.5. The lowest BCUT2D eigenvalue weighted by molar-refractivity contribution is -0.136. The van der Waals surface area contributed by atoms with Crippen molar-refractivity contribution in [3.8, 4) is 17.2 Å². The van der Waals surface area contributed by atoms with E-state index < -0.39 is 11.9 Å². The van der Waals surface area contributed by atoms with Crippen molar-refractivity contribution in [2.24, 2.45) is 5.73 Å². The number of benzene rings is 1. The summed E-state index contributed by atoms with van der Waals surface area (Å²) < 4.78 is 23.1. The number of rotatable bonds is 7. The lowest BCUT2D eigenvalue weighted by Gasteiger charge is -2.28. The molecule has 9 nitrogen and oxygen atoms in total. The SMILES string of the molecule is COC(=O)C1=C(N)Oc2cc(C)n(CCc3ccc(OC)c(OC)c3)c(=O)c2[C@H]1c1cccnc1. The van der Waals surface area contributed by atoms with E-state index >= 15 is 0 Å². The Labute approximate surface area is 202 Å².